The van der Waals surface area contributed by atoms with E-state index in [0.29, 0.717) is 0 Å². The molecule has 8 rings (SSSR count). The number of hydrogen-bond acceptors (Lipinski definition) is 13. The van der Waals surface area contributed by atoms with E-state index in [2.05, 4.69) is 0 Å². The Hall–Kier alpha value is -6.55. The summed E-state index contributed by atoms with van der Waals surface area (Å²) < 4.78 is 58.0. The van der Waals surface area contributed by atoms with Gasteiger partial charge in [-0.1, -0.05) is 146 Å². The Balaban J connectivity index is 1.18. The minimum atomic E-state index is -1.58. The molecule has 67 heavy (non-hydrogen) atoms. The van der Waals surface area contributed by atoms with Crippen molar-refractivity contribution in [2.45, 2.75) is 88.2 Å². The van der Waals surface area contributed by atoms with Crippen LogP contribution >= 0.6 is 0 Å². The first-order valence-corrected chi connectivity index (χ1v) is 22.2. The lowest BCUT2D eigenvalue weighted by Gasteiger charge is -2.48. The van der Waals surface area contributed by atoms with Crippen molar-refractivity contribution in [3.8, 4) is 0 Å². The zero-order chi connectivity index (χ0) is 46.4. The predicted octanol–water partition coefficient (Wildman–Crippen LogP) is 7.90. The van der Waals surface area contributed by atoms with E-state index in [4.69, 9.17) is 42.6 Å². The second-order valence-corrected chi connectivity index (χ2v) is 16.1. The molecule has 0 radical (unpaired) electrons. The van der Waals surface area contributed by atoms with Crippen molar-refractivity contribution >= 4 is 17.9 Å². The summed E-state index contributed by atoms with van der Waals surface area (Å²) in [4.78, 5) is 42.0. The van der Waals surface area contributed by atoms with Crippen LogP contribution < -0.4 is 0 Å². The Morgan fingerprint density at radius 2 is 0.836 bits per heavy atom. The van der Waals surface area contributed by atoms with Crippen molar-refractivity contribution in [1.29, 1.82) is 0 Å². The van der Waals surface area contributed by atoms with Crippen molar-refractivity contribution < 1.29 is 62.1 Å². The van der Waals surface area contributed by atoms with Crippen molar-refractivity contribution in [3.05, 3.63) is 215 Å². The number of aliphatic hydroxyl groups is 1. The van der Waals surface area contributed by atoms with Crippen molar-refractivity contribution in [3.63, 3.8) is 0 Å². The highest BCUT2D eigenvalue weighted by Crippen LogP contribution is 2.36. The largest absolute Gasteiger partial charge is 0.452 e. The normalized spacial score (nSPS) is 24.8. The summed E-state index contributed by atoms with van der Waals surface area (Å²) >= 11 is 0. The van der Waals surface area contributed by atoms with Crippen molar-refractivity contribution in [2.24, 2.45) is 0 Å². The third-order valence-corrected chi connectivity index (χ3v) is 11.3. The average molecular weight is 909 g/mol. The van der Waals surface area contributed by atoms with E-state index < -0.39 is 79.3 Å². The number of rotatable bonds is 18. The van der Waals surface area contributed by atoms with Gasteiger partial charge < -0.3 is 47.7 Å². The molecule has 0 spiro atoms. The molecular weight excluding hydrogens is 857 g/mol. The molecule has 0 aliphatic carbocycles. The number of benzene rings is 6. The van der Waals surface area contributed by atoms with Gasteiger partial charge in [0, 0.05) is 0 Å². The summed E-state index contributed by atoms with van der Waals surface area (Å²) in [6.45, 7) is 1.89. The first-order chi connectivity index (χ1) is 32.8. The van der Waals surface area contributed by atoms with E-state index in [0.717, 1.165) is 16.7 Å². The number of carbonyl (C=O) groups excluding carboxylic acids is 3. The zero-order valence-electron chi connectivity index (χ0n) is 36.8. The number of hydrogen-bond donors (Lipinski definition) is 1. The molecule has 2 heterocycles. The molecule has 2 fully saturated rings. The molecule has 6 aromatic rings. The minimum absolute atomic E-state index is 0.0735. The molecule has 0 aromatic heterocycles. The summed E-state index contributed by atoms with van der Waals surface area (Å²) in [6, 6.07) is 53.3. The van der Waals surface area contributed by atoms with Gasteiger partial charge in [-0.05, 0) is 60.0 Å². The van der Waals surface area contributed by atoms with Gasteiger partial charge in [0.1, 0.15) is 24.4 Å². The number of aliphatic hydroxyl groups excluding tert-OH is 1. The van der Waals surface area contributed by atoms with Gasteiger partial charge in [-0.25, -0.2) is 14.4 Å². The number of carbonyl (C=O) groups is 3. The molecule has 346 valence electrons. The van der Waals surface area contributed by atoms with E-state index in [-0.39, 0.29) is 43.1 Å². The van der Waals surface area contributed by atoms with Gasteiger partial charge in [-0.2, -0.15) is 0 Å². The maximum Gasteiger partial charge on any atom is 0.338 e. The first kappa shape index (κ1) is 47.0. The van der Waals surface area contributed by atoms with Crippen LogP contribution in [-0.2, 0) is 62.5 Å². The average Bonchev–Trinajstić information content (AvgIpc) is 3.37. The van der Waals surface area contributed by atoms with Crippen molar-refractivity contribution in [1.82, 2.24) is 0 Å². The molecule has 0 saturated carbocycles. The van der Waals surface area contributed by atoms with Crippen LogP contribution in [0.25, 0.3) is 0 Å². The highest BCUT2D eigenvalue weighted by atomic mass is 16.8. The maximum atomic E-state index is 14.2. The molecule has 0 unspecified atom stereocenters. The lowest BCUT2D eigenvalue weighted by Crippen LogP contribution is -2.66. The summed E-state index contributed by atoms with van der Waals surface area (Å²) in [7, 11) is 0. The number of ether oxygens (including phenoxy) is 9. The summed E-state index contributed by atoms with van der Waals surface area (Å²) in [6.07, 6.45) is -12.9. The third kappa shape index (κ3) is 12.5. The zero-order valence-corrected chi connectivity index (χ0v) is 36.8. The molecule has 10 atom stereocenters. The molecular formula is C54H52O13. The standard InChI is InChI=1S/C54H52O13/c1-36-44(64-50(55)40-26-14-5-15-27-40)47(65-51(56)41-28-16-6-17-29-41)49(66-52(57)42-30-18-7-19-31-42)54(62-36)67-45-43(35-59-32-37-20-8-2-9-21-37)63-53(58)48(61-34-39-24-12-4-13-25-39)46(45)60-33-38-22-10-3-11-23-38/h2-31,36,43-49,53-54,58H,32-35H2,1H3/t36-,43-,44-,45-,46+,47+,48-,49-,53-,54+/m1/s1. The van der Waals surface area contributed by atoms with Crippen LogP contribution in [-0.4, -0.2) is 91.0 Å². The van der Waals surface area contributed by atoms with Gasteiger partial charge in [-0.3, -0.25) is 0 Å². The summed E-state index contributed by atoms with van der Waals surface area (Å²) in [5.74, 6) is -2.31. The van der Waals surface area contributed by atoms with Crippen molar-refractivity contribution in [2.75, 3.05) is 6.61 Å². The maximum absolute atomic E-state index is 14.2. The smallest absolute Gasteiger partial charge is 0.338 e. The lowest BCUT2D eigenvalue weighted by atomic mass is 9.96. The van der Waals surface area contributed by atoms with E-state index in [1.807, 2.05) is 91.0 Å². The fourth-order valence-corrected chi connectivity index (χ4v) is 7.92. The topological polar surface area (TPSA) is 155 Å². The Bertz CT molecular complexity index is 2450. The van der Waals surface area contributed by atoms with E-state index >= 15 is 0 Å². The molecule has 2 aliphatic heterocycles. The molecule has 6 aromatic carbocycles. The third-order valence-electron chi connectivity index (χ3n) is 11.3. The Morgan fingerprint density at radius 3 is 1.30 bits per heavy atom. The Morgan fingerprint density at radius 1 is 0.448 bits per heavy atom. The first-order valence-electron chi connectivity index (χ1n) is 22.2. The van der Waals surface area contributed by atoms with Crippen LogP contribution in [0.1, 0.15) is 54.7 Å². The predicted molar refractivity (Wildman–Crippen MR) is 243 cm³/mol. The van der Waals surface area contributed by atoms with Gasteiger partial charge in [0.05, 0.1) is 49.2 Å². The molecule has 0 bridgehead atoms. The molecule has 13 heteroatoms. The molecule has 0 amide bonds. The van der Waals surface area contributed by atoms with Gasteiger partial charge in [0.2, 0.25) is 0 Å². The molecule has 1 N–H and O–H groups in total. The van der Waals surface area contributed by atoms with Gasteiger partial charge in [-0.15, -0.1) is 0 Å². The minimum Gasteiger partial charge on any atom is -0.452 e. The highest BCUT2D eigenvalue weighted by molar-refractivity contribution is 5.91. The van der Waals surface area contributed by atoms with E-state index in [9.17, 15) is 19.5 Å². The summed E-state index contributed by atoms with van der Waals surface area (Å²) in [5.41, 5.74) is 3.16. The van der Waals surface area contributed by atoms with Crippen LogP contribution in [0.3, 0.4) is 0 Å². The van der Waals surface area contributed by atoms with Crippen LogP contribution in [0, 0.1) is 0 Å². The quantitative estimate of drug-likeness (QED) is 0.0657. The van der Waals surface area contributed by atoms with Gasteiger partial charge in [0.15, 0.2) is 30.9 Å². The van der Waals surface area contributed by atoms with E-state index in [1.165, 1.54) is 0 Å². The fraction of sp³-hybridized carbons (Fsp3) is 0.278. The van der Waals surface area contributed by atoms with Gasteiger partial charge in [0.25, 0.3) is 0 Å². The summed E-state index contributed by atoms with van der Waals surface area (Å²) in [5, 5.41) is 11.8. The SMILES string of the molecule is C[C@H]1O[C@@H](O[C@H]2[C@H](OCc3ccccc3)[C@@H](OCc3ccccc3)[C@H](O)O[C@@H]2COCc2ccccc2)[C@H](OC(=O)c2ccccc2)[C@@H](OC(=O)c2ccccc2)[C@@H]1OC(=O)c1ccccc1. The molecule has 2 aliphatic rings. The van der Waals surface area contributed by atoms with E-state index in [1.54, 1.807) is 97.9 Å². The highest BCUT2D eigenvalue weighted by Gasteiger charge is 2.56. The van der Waals surface area contributed by atoms with Crippen LogP contribution in [0.4, 0.5) is 0 Å². The Kier molecular flexibility index (Phi) is 16.3. The van der Waals surface area contributed by atoms with Crippen LogP contribution in [0.5, 0.6) is 0 Å². The van der Waals surface area contributed by atoms with Crippen LogP contribution in [0.2, 0.25) is 0 Å². The Labute approximate surface area is 389 Å². The molecule has 2 saturated heterocycles. The second kappa shape index (κ2) is 23.3. The molecule has 13 nitrogen and oxygen atoms in total. The van der Waals surface area contributed by atoms with Crippen LogP contribution in [0.15, 0.2) is 182 Å². The second-order valence-electron chi connectivity index (χ2n) is 16.1. The number of esters is 3. The monoisotopic (exact) mass is 908 g/mol. The lowest BCUT2D eigenvalue weighted by molar-refractivity contribution is -0.360. The van der Waals surface area contributed by atoms with Gasteiger partial charge >= 0.3 is 17.9 Å². The fourth-order valence-electron chi connectivity index (χ4n) is 7.92.